The Labute approximate surface area is 81.0 Å². The van der Waals surface area contributed by atoms with Gasteiger partial charge in [-0.2, -0.15) is 0 Å². The summed E-state index contributed by atoms with van der Waals surface area (Å²) >= 11 is 0. The Morgan fingerprint density at radius 3 is 2.77 bits per heavy atom. The first-order chi connectivity index (χ1) is 6.25. The monoisotopic (exact) mass is 183 g/mol. The van der Waals surface area contributed by atoms with Crippen LogP contribution in [0.4, 0.5) is 0 Å². The highest BCUT2D eigenvalue weighted by Gasteiger charge is 2.20. The number of unbranched alkanes of at least 4 members (excludes halogenated alkanes) is 3. The predicted molar refractivity (Wildman–Crippen MR) is 56.8 cm³/mol. The highest BCUT2D eigenvalue weighted by Crippen LogP contribution is 2.13. The van der Waals surface area contributed by atoms with Crippen LogP contribution in [0.1, 0.15) is 39.0 Å². The molecular weight excluding hydrogens is 162 g/mol. The molecule has 0 bridgehead atoms. The van der Waals surface area contributed by atoms with Crippen LogP contribution in [0.15, 0.2) is 4.99 Å². The maximum absolute atomic E-state index is 5.67. The molecule has 3 nitrogen and oxygen atoms in total. The largest absolute Gasteiger partial charge is 0.370 e. The van der Waals surface area contributed by atoms with E-state index in [2.05, 4.69) is 16.8 Å². The molecule has 0 saturated heterocycles. The van der Waals surface area contributed by atoms with Crippen LogP contribution in [-0.2, 0) is 0 Å². The summed E-state index contributed by atoms with van der Waals surface area (Å²) in [6, 6.07) is 0.567. The van der Waals surface area contributed by atoms with Gasteiger partial charge in [0.05, 0.1) is 12.6 Å². The zero-order chi connectivity index (χ0) is 9.68. The van der Waals surface area contributed by atoms with Gasteiger partial charge in [-0.1, -0.05) is 32.6 Å². The van der Waals surface area contributed by atoms with Crippen molar-refractivity contribution in [2.24, 2.45) is 10.7 Å². The first kappa shape index (κ1) is 10.4. The Morgan fingerprint density at radius 1 is 1.46 bits per heavy atom. The van der Waals surface area contributed by atoms with Crippen molar-refractivity contribution in [3.05, 3.63) is 0 Å². The standard InChI is InChI=1S/C10H21N3/c1-3-4-5-6-7-9-8-12-10(11)13(9)2/h9H,3-8H2,1-2H3,(H2,11,12). The van der Waals surface area contributed by atoms with Crippen LogP contribution >= 0.6 is 0 Å². The van der Waals surface area contributed by atoms with Gasteiger partial charge in [0.2, 0.25) is 0 Å². The van der Waals surface area contributed by atoms with Gasteiger partial charge >= 0.3 is 0 Å². The van der Waals surface area contributed by atoms with E-state index in [9.17, 15) is 0 Å². The molecule has 1 aliphatic rings. The lowest BCUT2D eigenvalue weighted by Crippen LogP contribution is -2.37. The van der Waals surface area contributed by atoms with Crippen molar-refractivity contribution in [1.82, 2.24) is 4.90 Å². The molecule has 1 unspecified atom stereocenters. The molecule has 1 heterocycles. The highest BCUT2D eigenvalue weighted by atomic mass is 15.3. The Hall–Kier alpha value is -0.730. The minimum absolute atomic E-state index is 0.567. The summed E-state index contributed by atoms with van der Waals surface area (Å²) in [5.74, 6) is 0.709. The van der Waals surface area contributed by atoms with E-state index in [1.165, 1.54) is 32.1 Å². The van der Waals surface area contributed by atoms with E-state index in [4.69, 9.17) is 5.73 Å². The summed E-state index contributed by atoms with van der Waals surface area (Å²) in [7, 11) is 2.04. The molecule has 0 aromatic carbocycles. The van der Waals surface area contributed by atoms with Crippen molar-refractivity contribution in [3.8, 4) is 0 Å². The van der Waals surface area contributed by atoms with Crippen molar-refractivity contribution in [3.63, 3.8) is 0 Å². The third-order valence-corrected chi connectivity index (χ3v) is 2.76. The van der Waals surface area contributed by atoms with Crippen molar-refractivity contribution < 1.29 is 0 Å². The second-order valence-electron chi connectivity index (χ2n) is 3.81. The van der Waals surface area contributed by atoms with Crippen LogP contribution < -0.4 is 5.73 Å². The number of rotatable bonds is 5. The SMILES string of the molecule is CCCCCCC1CN=C(N)N1C. The van der Waals surface area contributed by atoms with Gasteiger partial charge in [-0.05, 0) is 6.42 Å². The Kier molecular flexibility index (Phi) is 4.06. The van der Waals surface area contributed by atoms with E-state index in [1.807, 2.05) is 7.05 Å². The average molecular weight is 183 g/mol. The Bertz CT molecular complexity index is 177. The van der Waals surface area contributed by atoms with Gasteiger partial charge in [0.15, 0.2) is 5.96 Å². The topological polar surface area (TPSA) is 41.6 Å². The average Bonchev–Trinajstić information content (AvgIpc) is 2.43. The van der Waals surface area contributed by atoms with E-state index in [-0.39, 0.29) is 0 Å². The minimum Gasteiger partial charge on any atom is -0.370 e. The quantitative estimate of drug-likeness (QED) is 0.658. The Morgan fingerprint density at radius 2 is 2.23 bits per heavy atom. The second-order valence-corrected chi connectivity index (χ2v) is 3.81. The summed E-state index contributed by atoms with van der Waals surface area (Å²) in [6.45, 7) is 3.14. The molecular formula is C10H21N3. The first-order valence-corrected chi connectivity index (χ1v) is 5.28. The molecule has 76 valence electrons. The normalized spacial score (nSPS) is 22.2. The fourth-order valence-corrected chi connectivity index (χ4v) is 1.71. The lowest BCUT2D eigenvalue weighted by Gasteiger charge is -2.20. The smallest absolute Gasteiger partial charge is 0.191 e. The molecule has 1 aliphatic heterocycles. The van der Waals surface area contributed by atoms with E-state index < -0.39 is 0 Å². The number of nitrogens with two attached hydrogens (primary N) is 1. The summed E-state index contributed by atoms with van der Waals surface area (Å²) < 4.78 is 0. The number of nitrogens with zero attached hydrogens (tertiary/aromatic N) is 2. The molecule has 0 fully saturated rings. The zero-order valence-electron chi connectivity index (χ0n) is 8.79. The maximum atomic E-state index is 5.67. The van der Waals surface area contributed by atoms with Gasteiger partial charge in [0, 0.05) is 7.05 Å². The molecule has 1 rings (SSSR count). The van der Waals surface area contributed by atoms with Gasteiger partial charge < -0.3 is 10.6 Å². The summed E-state index contributed by atoms with van der Waals surface area (Å²) in [4.78, 5) is 6.32. The Balaban J connectivity index is 2.10. The molecule has 0 radical (unpaired) electrons. The highest BCUT2D eigenvalue weighted by molar-refractivity contribution is 5.79. The molecule has 1 atom stereocenters. The third-order valence-electron chi connectivity index (χ3n) is 2.76. The van der Waals surface area contributed by atoms with Gasteiger partial charge in [0.1, 0.15) is 0 Å². The third kappa shape index (κ3) is 2.90. The minimum atomic E-state index is 0.567. The van der Waals surface area contributed by atoms with Crippen LogP contribution in [0.3, 0.4) is 0 Å². The lowest BCUT2D eigenvalue weighted by atomic mass is 10.1. The number of hydrogen-bond acceptors (Lipinski definition) is 3. The van der Waals surface area contributed by atoms with E-state index in [0.29, 0.717) is 12.0 Å². The molecule has 0 spiro atoms. The van der Waals surface area contributed by atoms with E-state index in [1.54, 1.807) is 0 Å². The van der Waals surface area contributed by atoms with Crippen molar-refractivity contribution >= 4 is 5.96 Å². The molecule has 0 aliphatic carbocycles. The van der Waals surface area contributed by atoms with E-state index >= 15 is 0 Å². The molecule has 3 heteroatoms. The van der Waals surface area contributed by atoms with E-state index in [0.717, 1.165) is 6.54 Å². The summed E-state index contributed by atoms with van der Waals surface area (Å²) in [5, 5.41) is 0. The molecule has 0 aromatic heterocycles. The number of aliphatic imine (C=N–C) groups is 1. The fourth-order valence-electron chi connectivity index (χ4n) is 1.71. The lowest BCUT2D eigenvalue weighted by molar-refractivity contribution is 0.366. The van der Waals surface area contributed by atoms with Crippen LogP contribution in [0.2, 0.25) is 0 Å². The van der Waals surface area contributed by atoms with Crippen LogP contribution in [-0.4, -0.2) is 30.5 Å². The first-order valence-electron chi connectivity index (χ1n) is 5.28. The van der Waals surface area contributed by atoms with Crippen molar-refractivity contribution in [1.29, 1.82) is 0 Å². The van der Waals surface area contributed by atoms with Gasteiger partial charge in [-0.15, -0.1) is 0 Å². The number of guanidine groups is 1. The van der Waals surface area contributed by atoms with Crippen LogP contribution in [0, 0.1) is 0 Å². The maximum Gasteiger partial charge on any atom is 0.191 e. The van der Waals surface area contributed by atoms with Gasteiger partial charge in [-0.25, -0.2) is 0 Å². The molecule has 0 amide bonds. The second kappa shape index (κ2) is 5.10. The molecule has 13 heavy (non-hydrogen) atoms. The molecule has 0 aromatic rings. The summed E-state index contributed by atoms with van der Waals surface area (Å²) in [6.07, 6.45) is 6.55. The van der Waals surface area contributed by atoms with Crippen LogP contribution in [0.5, 0.6) is 0 Å². The fraction of sp³-hybridized carbons (Fsp3) is 0.900. The van der Waals surface area contributed by atoms with Crippen LogP contribution in [0.25, 0.3) is 0 Å². The van der Waals surface area contributed by atoms with Crippen molar-refractivity contribution in [2.75, 3.05) is 13.6 Å². The van der Waals surface area contributed by atoms with Gasteiger partial charge in [0.25, 0.3) is 0 Å². The van der Waals surface area contributed by atoms with Gasteiger partial charge in [-0.3, -0.25) is 4.99 Å². The van der Waals surface area contributed by atoms with Crippen molar-refractivity contribution in [2.45, 2.75) is 45.1 Å². The zero-order valence-corrected chi connectivity index (χ0v) is 8.79. The summed E-state index contributed by atoms with van der Waals surface area (Å²) in [5.41, 5.74) is 5.67. The molecule has 2 N–H and O–H groups in total. The molecule has 0 saturated carbocycles. The number of hydrogen-bond donors (Lipinski definition) is 1. The number of likely N-dealkylation sites (N-methyl/N-ethyl adjacent to an activating group) is 1. The predicted octanol–water partition coefficient (Wildman–Crippen LogP) is 1.59.